The molecule has 136 valence electrons. The Hall–Kier alpha value is -2.96. The smallest absolute Gasteiger partial charge is 0.224 e. The van der Waals surface area contributed by atoms with Gasteiger partial charge in [-0.1, -0.05) is 18.2 Å². The number of hydrogen-bond donors (Lipinski definition) is 1. The number of nitrogens with zero attached hydrogens (tertiary/aromatic N) is 3. The first-order valence-electron chi connectivity index (χ1n) is 8.71. The normalized spacial score (nSPS) is 14.3. The fourth-order valence-corrected chi connectivity index (χ4v) is 3.07. The van der Waals surface area contributed by atoms with E-state index in [9.17, 15) is 14.4 Å². The highest BCUT2D eigenvalue weighted by Crippen LogP contribution is 2.20. The number of carbonyl (C=O) groups is 3. The number of nitrogens with one attached hydrogen (secondary N) is 1. The molecular weight excluding hydrogens is 332 g/mol. The molecule has 7 heteroatoms. The van der Waals surface area contributed by atoms with Crippen molar-refractivity contribution in [3.05, 3.63) is 36.5 Å². The molecule has 0 aliphatic carbocycles. The van der Waals surface area contributed by atoms with Crippen molar-refractivity contribution in [2.75, 3.05) is 31.5 Å². The minimum atomic E-state index is -0.209. The summed E-state index contributed by atoms with van der Waals surface area (Å²) < 4.78 is 0. The predicted molar refractivity (Wildman–Crippen MR) is 98.4 cm³/mol. The molecule has 0 radical (unpaired) electrons. The summed E-state index contributed by atoms with van der Waals surface area (Å²) in [6.45, 7) is 3.67. The lowest BCUT2D eigenvalue weighted by Crippen LogP contribution is -2.50. The average molecular weight is 354 g/mol. The lowest BCUT2D eigenvalue weighted by molar-refractivity contribution is -0.138. The zero-order chi connectivity index (χ0) is 18.5. The molecule has 1 aromatic carbocycles. The predicted octanol–water partition coefficient (Wildman–Crippen LogP) is 1.64. The zero-order valence-corrected chi connectivity index (χ0v) is 14.8. The molecule has 1 aliphatic heterocycles. The third-order valence-corrected chi connectivity index (χ3v) is 4.55. The number of carbonyl (C=O) groups excluding carboxylic acids is 3. The largest absolute Gasteiger partial charge is 0.339 e. The first-order chi connectivity index (χ1) is 12.5. The minimum Gasteiger partial charge on any atom is -0.339 e. The van der Waals surface area contributed by atoms with Crippen LogP contribution in [0.3, 0.4) is 0 Å². The summed E-state index contributed by atoms with van der Waals surface area (Å²) in [6.07, 6.45) is 1.96. The van der Waals surface area contributed by atoms with E-state index in [1.54, 1.807) is 22.1 Å². The van der Waals surface area contributed by atoms with E-state index in [1.165, 1.54) is 6.92 Å². The van der Waals surface area contributed by atoms with E-state index < -0.39 is 0 Å². The molecule has 1 N–H and O–H groups in total. The fraction of sp³-hybridized carbons (Fsp3) is 0.368. The van der Waals surface area contributed by atoms with Crippen molar-refractivity contribution < 1.29 is 14.4 Å². The topological polar surface area (TPSA) is 82.6 Å². The molecule has 7 nitrogen and oxygen atoms in total. The Morgan fingerprint density at radius 2 is 1.69 bits per heavy atom. The number of rotatable bonds is 4. The molecule has 0 unspecified atom stereocenters. The van der Waals surface area contributed by atoms with E-state index in [1.807, 2.05) is 24.3 Å². The number of hydrogen-bond acceptors (Lipinski definition) is 4. The van der Waals surface area contributed by atoms with E-state index in [4.69, 9.17) is 0 Å². The van der Waals surface area contributed by atoms with Crippen LogP contribution < -0.4 is 5.32 Å². The van der Waals surface area contributed by atoms with Crippen LogP contribution in [0.25, 0.3) is 10.9 Å². The number of amides is 3. The van der Waals surface area contributed by atoms with Gasteiger partial charge in [-0.2, -0.15) is 0 Å². The molecular formula is C19H22N4O3. The van der Waals surface area contributed by atoms with E-state index >= 15 is 0 Å². The van der Waals surface area contributed by atoms with Gasteiger partial charge in [0.25, 0.3) is 0 Å². The highest BCUT2D eigenvalue weighted by atomic mass is 16.2. The molecule has 0 spiro atoms. The second kappa shape index (κ2) is 7.95. The molecule has 1 aromatic heterocycles. The highest BCUT2D eigenvalue weighted by Gasteiger charge is 2.22. The van der Waals surface area contributed by atoms with Gasteiger partial charge in [0.05, 0.1) is 11.2 Å². The molecule has 0 saturated carbocycles. The van der Waals surface area contributed by atoms with Gasteiger partial charge in [-0.25, -0.2) is 0 Å². The Morgan fingerprint density at radius 3 is 2.42 bits per heavy atom. The van der Waals surface area contributed by atoms with E-state index in [-0.39, 0.29) is 30.6 Å². The first-order valence-corrected chi connectivity index (χ1v) is 8.71. The number of anilines is 1. The van der Waals surface area contributed by atoms with Crippen LogP contribution in [0.15, 0.2) is 36.5 Å². The average Bonchev–Trinajstić information content (AvgIpc) is 2.66. The maximum Gasteiger partial charge on any atom is 0.224 e. The summed E-state index contributed by atoms with van der Waals surface area (Å²) in [5, 5.41) is 3.79. The fourth-order valence-electron chi connectivity index (χ4n) is 3.07. The Bertz CT molecular complexity index is 823. The van der Waals surface area contributed by atoms with Crippen molar-refractivity contribution in [3.8, 4) is 0 Å². The molecule has 0 atom stereocenters. The number of benzene rings is 1. The number of fused-ring (bicyclic) bond motifs is 1. The molecule has 0 bridgehead atoms. The molecule has 3 rings (SSSR count). The highest BCUT2D eigenvalue weighted by molar-refractivity contribution is 6.01. The molecule has 26 heavy (non-hydrogen) atoms. The number of piperazine rings is 1. The van der Waals surface area contributed by atoms with Crippen molar-refractivity contribution >= 4 is 34.3 Å². The summed E-state index contributed by atoms with van der Waals surface area (Å²) >= 11 is 0. The van der Waals surface area contributed by atoms with Crippen LogP contribution in [0.5, 0.6) is 0 Å². The molecule has 2 heterocycles. The first kappa shape index (κ1) is 17.8. The van der Waals surface area contributed by atoms with Crippen LogP contribution in [-0.2, 0) is 14.4 Å². The molecule has 1 fully saturated rings. The Morgan fingerprint density at radius 1 is 1.00 bits per heavy atom. The number of aromatic nitrogens is 1. The van der Waals surface area contributed by atoms with Crippen LogP contribution in [0.1, 0.15) is 19.8 Å². The monoisotopic (exact) mass is 354 g/mol. The summed E-state index contributed by atoms with van der Waals surface area (Å²) in [5.74, 6) is -0.238. The van der Waals surface area contributed by atoms with Crippen LogP contribution in [-0.4, -0.2) is 58.7 Å². The summed E-state index contributed by atoms with van der Waals surface area (Å²) in [6, 6.07) is 9.37. The maximum atomic E-state index is 12.3. The van der Waals surface area contributed by atoms with Crippen molar-refractivity contribution in [1.29, 1.82) is 0 Å². The molecule has 1 saturated heterocycles. The van der Waals surface area contributed by atoms with Crippen LogP contribution in [0.4, 0.5) is 5.69 Å². The maximum absolute atomic E-state index is 12.3. The molecule has 1 aliphatic rings. The van der Waals surface area contributed by atoms with Crippen LogP contribution in [0, 0.1) is 0 Å². The Kier molecular flexibility index (Phi) is 5.46. The summed E-state index contributed by atoms with van der Waals surface area (Å²) in [5.41, 5.74) is 1.38. The summed E-state index contributed by atoms with van der Waals surface area (Å²) in [4.78, 5) is 43.6. The third kappa shape index (κ3) is 4.17. The van der Waals surface area contributed by atoms with Gasteiger partial charge in [0, 0.05) is 57.5 Å². The Balaban J connectivity index is 1.51. The van der Waals surface area contributed by atoms with Gasteiger partial charge in [-0.05, 0) is 12.1 Å². The lowest BCUT2D eigenvalue weighted by atomic mass is 10.2. The minimum absolute atomic E-state index is 0.0279. The lowest BCUT2D eigenvalue weighted by Gasteiger charge is -2.34. The van der Waals surface area contributed by atoms with Gasteiger partial charge >= 0.3 is 0 Å². The van der Waals surface area contributed by atoms with Gasteiger partial charge in [0.2, 0.25) is 17.7 Å². The SMILES string of the molecule is CC(=O)N1CCN(C(=O)CCC(=O)Nc2cccc3cccnc23)CC1. The van der Waals surface area contributed by atoms with Gasteiger partial charge in [-0.15, -0.1) is 0 Å². The quantitative estimate of drug-likeness (QED) is 0.905. The number of para-hydroxylation sites is 1. The van der Waals surface area contributed by atoms with Crippen molar-refractivity contribution in [2.45, 2.75) is 19.8 Å². The van der Waals surface area contributed by atoms with E-state index in [0.717, 1.165) is 10.9 Å². The second-order valence-electron chi connectivity index (χ2n) is 6.32. The van der Waals surface area contributed by atoms with Crippen molar-refractivity contribution in [2.24, 2.45) is 0 Å². The van der Waals surface area contributed by atoms with E-state index in [2.05, 4.69) is 10.3 Å². The summed E-state index contributed by atoms with van der Waals surface area (Å²) in [7, 11) is 0. The Labute approximate surface area is 152 Å². The van der Waals surface area contributed by atoms with Gasteiger partial charge < -0.3 is 15.1 Å². The van der Waals surface area contributed by atoms with Crippen molar-refractivity contribution in [1.82, 2.24) is 14.8 Å². The van der Waals surface area contributed by atoms with Crippen LogP contribution in [0.2, 0.25) is 0 Å². The van der Waals surface area contributed by atoms with Gasteiger partial charge in [0.1, 0.15) is 0 Å². The molecule has 3 amide bonds. The zero-order valence-electron chi connectivity index (χ0n) is 14.8. The third-order valence-electron chi connectivity index (χ3n) is 4.55. The van der Waals surface area contributed by atoms with E-state index in [0.29, 0.717) is 31.9 Å². The second-order valence-corrected chi connectivity index (χ2v) is 6.32. The number of pyridine rings is 1. The standard InChI is InChI=1S/C19H22N4O3/c1-14(24)22-10-12-23(13-11-22)18(26)8-7-17(25)21-16-6-2-4-15-5-3-9-20-19(15)16/h2-6,9H,7-8,10-13H2,1H3,(H,21,25). The van der Waals surface area contributed by atoms with Gasteiger partial charge in [-0.3, -0.25) is 19.4 Å². The van der Waals surface area contributed by atoms with Crippen LogP contribution >= 0.6 is 0 Å². The van der Waals surface area contributed by atoms with Crippen molar-refractivity contribution in [3.63, 3.8) is 0 Å². The molecule has 2 aromatic rings. The van der Waals surface area contributed by atoms with Gasteiger partial charge in [0.15, 0.2) is 0 Å².